The zero-order chi connectivity index (χ0) is 18.7. The van der Waals surface area contributed by atoms with Crippen molar-refractivity contribution in [1.82, 2.24) is 15.1 Å². The molecule has 0 spiro atoms. The average Bonchev–Trinajstić information content (AvgIpc) is 2.62. The van der Waals surface area contributed by atoms with Crippen LogP contribution in [0, 0.1) is 0 Å². The van der Waals surface area contributed by atoms with Crippen molar-refractivity contribution < 1.29 is 9.59 Å². The molecule has 1 aromatic carbocycles. The molecule has 0 saturated carbocycles. The summed E-state index contributed by atoms with van der Waals surface area (Å²) in [5, 5.41) is 2.90. The van der Waals surface area contributed by atoms with Crippen molar-refractivity contribution in [1.29, 1.82) is 0 Å². The Bertz CT molecular complexity index is 515. The lowest BCUT2D eigenvalue weighted by molar-refractivity contribution is -0.131. The van der Waals surface area contributed by atoms with Gasteiger partial charge >= 0.3 is 0 Å². The Balaban J connectivity index is 2.42. The average molecular weight is 348 g/mol. The van der Waals surface area contributed by atoms with Crippen molar-refractivity contribution >= 4 is 11.8 Å². The Morgan fingerprint density at radius 1 is 1.00 bits per heavy atom. The number of amides is 2. The third-order valence-electron chi connectivity index (χ3n) is 4.43. The predicted molar refractivity (Wildman–Crippen MR) is 103 cm³/mol. The van der Waals surface area contributed by atoms with Crippen LogP contribution in [-0.4, -0.2) is 60.4 Å². The molecule has 0 aromatic heterocycles. The minimum Gasteiger partial charge on any atom is -0.349 e. The van der Waals surface area contributed by atoms with Gasteiger partial charge in [0, 0.05) is 31.1 Å². The van der Waals surface area contributed by atoms with Gasteiger partial charge in [0.25, 0.3) is 5.91 Å². The van der Waals surface area contributed by atoms with Gasteiger partial charge in [0.05, 0.1) is 0 Å². The van der Waals surface area contributed by atoms with Gasteiger partial charge in [-0.05, 0) is 52.0 Å². The van der Waals surface area contributed by atoms with Gasteiger partial charge in [-0.2, -0.15) is 0 Å². The number of rotatable bonds is 11. The molecule has 0 bridgehead atoms. The zero-order valence-electron chi connectivity index (χ0n) is 16.1. The first-order valence-corrected chi connectivity index (χ1v) is 9.37. The van der Waals surface area contributed by atoms with Crippen molar-refractivity contribution in [2.24, 2.45) is 0 Å². The van der Waals surface area contributed by atoms with Crippen molar-refractivity contribution in [3.63, 3.8) is 0 Å². The maximum absolute atomic E-state index is 12.5. The number of nitrogens with one attached hydrogen (secondary N) is 1. The second-order valence-corrected chi connectivity index (χ2v) is 6.30. The smallest absolute Gasteiger partial charge is 0.251 e. The lowest BCUT2D eigenvalue weighted by Crippen LogP contribution is -2.40. The van der Waals surface area contributed by atoms with E-state index in [1.165, 1.54) is 0 Å². The Hall–Kier alpha value is -1.88. The fraction of sp³-hybridized carbons (Fsp3) is 0.600. The van der Waals surface area contributed by atoms with Crippen molar-refractivity contribution in [3.05, 3.63) is 35.9 Å². The van der Waals surface area contributed by atoms with Crippen LogP contribution in [0.4, 0.5) is 0 Å². The van der Waals surface area contributed by atoms with Crippen LogP contribution in [0.15, 0.2) is 30.3 Å². The molecule has 0 aliphatic heterocycles. The summed E-state index contributed by atoms with van der Waals surface area (Å²) in [5.74, 6) is -0.0339. The van der Waals surface area contributed by atoms with E-state index in [1.807, 2.05) is 36.9 Å². The standard InChI is InChI=1S/C20H33N3O2/c1-5-22(6-2)14-11-15-23(7-3)19(24)16-17(4)21-20(25)18-12-9-8-10-13-18/h8-10,12-13,17H,5-7,11,14-16H2,1-4H3,(H,21,25)/t17-/m1/s1. The van der Waals surface area contributed by atoms with Gasteiger partial charge in [-0.3, -0.25) is 9.59 Å². The summed E-state index contributed by atoms with van der Waals surface area (Å²) in [7, 11) is 0. The molecule has 1 N–H and O–H groups in total. The van der Waals surface area contributed by atoms with E-state index in [4.69, 9.17) is 0 Å². The Kier molecular flexibility index (Phi) is 9.85. The summed E-state index contributed by atoms with van der Waals surface area (Å²) >= 11 is 0. The molecule has 5 heteroatoms. The summed E-state index contributed by atoms with van der Waals surface area (Å²) in [4.78, 5) is 28.9. The first-order chi connectivity index (χ1) is 12.0. The maximum atomic E-state index is 12.5. The molecule has 0 saturated heterocycles. The Morgan fingerprint density at radius 2 is 1.64 bits per heavy atom. The van der Waals surface area contributed by atoms with E-state index in [1.54, 1.807) is 12.1 Å². The van der Waals surface area contributed by atoms with Crippen LogP contribution in [0.3, 0.4) is 0 Å². The summed E-state index contributed by atoms with van der Waals surface area (Å²) in [6.45, 7) is 12.8. The van der Waals surface area contributed by atoms with Crippen molar-refractivity contribution in [3.8, 4) is 0 Å². The summed E-state index contributed by atoms with van der Waals surface area (Å²) < 4.78 is 0. The number of hydrogen-bond acceptors (Lipinski definition) is 3. The SMILES string of the molecule is CCN(CC)CCCN(CC)C(=O)C[C@@H](C)NC(=O)c1ccccc1. The molecule has 0 heterocycles. The van der Waals surface area contributed by atoms with Crippen LogP contribution >= 0.6 is 0 Å². The quantitative estimate of drug-likeness (QED) is 0.670. The van der Waals surface area contributed by atoms with Crippen LogP contribution < -0.4 is 5.32 Å². The van der Waals surface area contributed by atoms with Gasteiger partial charge in [-0.25, -0.2) is 0 Å². The van der Waals surface area contributed by atoms with E-state index in [-0.39, 0.29) is 17.9 Å². The molecule has 1 aromatic rings. The lowest BCUT2D eigenvalue weighted by atomic mass is 10.1. The van der Waals surface area contributed by atoms with E-state index < -0.39 is 0 Å². The number of carbonyl (C=O) groups is 2. The fourth-order valence-corrected chi connectivity index (χ4v) is 2.82. The number of benzene rings is 1. The Morgan fingerprint density at radius 3 is 2.20 bits per heavy atom. The highest BCUT2D eigenvalue weighted by Gasteiger charge is 2.17. The summed E-state index contributed by atoms with van der Waals surface area (Å²) in [6.07, 6.45) is 1.31. The Labute approximate surface area is 152 Å². The molecular formula is C20H33N3O2. The second-order valence-electron chi connectivity index (χ2n) is 6.30. The van der Waals surface area contributed by atoms with Gasteiger partial charge < -0.3 is 15.1 Å². The lowest BCUT2D eigenvalue weighted by Gasteiger charge is -2.25. The number of carbonyl (C=O) groups excluding carboxylic acids is 2. The van der Waals surface area contributed by atoms with Crippen LogP contribution in [0.2, 0.25) is 0 Å². The topological polar surface area (TPSA) is 52.6 Å². The first-order valence-electron chi connectivity index (χ1n) is 9.37. The molecule has 0 aliphatic carbocycles. The number of nitrogens with zero attached hydrogens (tertiary/aromatic N) is 2. The highest BCUT2D eigenvalue weighted by Crippen LogP contribution is 2.04. The second kappa shape index (κ2) is 11.6. The fourth-order valence-electron chi connectivity index (χ4n) is 2.82. The van der Waals surface area contributed by atoms with E-state index in [2.05, 4.69) is 24.1 Å². The van der Waals surface area contributed by atoms with E-state index in [9.17, 15) is 9.59 Å². The van der Waals surface area contributed by atoms with Crippen LogP contribution in [0.25, 0.3) is 0 Å². The highest BCUT2D eigenvalue weighted by molar-refractivity contribution is 5.94. The van der Waals surface area contributed by atoms with E-state index >= 15 is 0 Å². The maximum Gasteiger partial charge on any atom is 0.251 e. The summed E-state index contributed by atoms with van der Waals surface area (Å²) in [5.41, 5.74) is 0.619. The summed E-state index contributed by atoms with van der Waals surface area (Å²) in [6, 6.07) is 8.90. The molecule has 0 unspecified atom stereocenters. The first kappa shape index (κ1) is 21.2. The van der Waals surface area contributed by atoms with Crippen molar-refractivity contribution in [2.75, 3.05) is 32.7 Å². The van der Waals surface area contributed by atoms with E-state index in [0.717, 1.165) is 32.6 Å². The molecular weight excluding hydrogens is 314 g/mol. The molecule has 5 nitrogen and oxygen atoms in total. The molecule has 0 aliphatic rings. The van der Waals surface area contributed by atoms with Gasteiger partial charge in [0.15, 0.2) is 0 Å². The third-order valence-corrected chi connectivity index (χ3v) is 4.43. The van der Waals surface area contributed by atoms with Crippen LogP contribution in [0.1, 0.15) is 50.9 Å². The highest BCUT2D eigenvalue weighted by atomic mass is 16.2. The zero-order valence-corrected chi connectivity index (χ0v) is 16.1. The normalized spacial score (nSPS) is 12.0. The van der Waals surface area contributed by atoms with Crippen LogP contribution in [0.5, 0.6) is 0 Å². The van der Waals surface area contributed by atoms with E-state index in [0.29, 0.717) is 18.5 Å². The minimum atomic E-state index is -0.183. The largest absolute Gasteiger partial charge is 0.349 e. The predicted octanol–water partition coefficient (Wildman–Crippen LogP) is 2.78. The van der Waals surface area contributed by atoms with Gasteiger partial charge in [0.2, 0.25) is 5.91 Å². The third kappa shape index (κ3) is 7.69. The molecule has 1 rings (SSSR count). The molecule has 140 valence electrons. The molecule has 0 fully saturated rings. The molecule has 1 atom stereocenters. The van der Waals surface area contributed by atoms with Gasteiger partial charge in [0.1, 0.15) is 0 Å². The van der Waals surface area contributed by atoms with Crippen LogP contribution in [-0.2, 0) is 4.79 Å². The monoisotopic (exact) mass is 347 g/mol. The number of hydrogen-bond donors (Lipinski definition) is 1. The van der Waals surface area contributed by atoms with Crippen molar-refractivity contribution in [2.45, 2.75) is 46.6 Å². The molecule has 0 radical (unpaired) electrons. The molecule has 25 heavy (non-hydrogen) atoms. The van der Waals surface area contributed by atoms with Gasteiger partial charge in [-0.15, -0.1) is 0 Å². The minimum absolute atomic E-state index is 0.0999. The van der Waals surface area contributed by atoms with Gasteiger partial charge in [-0.1, -0.05) is 32.0 Å². The molecule has 2 amide bonds.